The Hall–Kier alpha value is -0.860. The van der Waals surface area contributed by atoms with Gasteiger partial charge in [0.2, 0.25) is 0 Å². The highest BCUT2D eigenvalue weighted by atomic mass is 16.3. The zero-order valence-corrected chi connectivity index (χ0v) is 10.2. The van der Waals surface area contributed by atoms with E-state index in [-0.39, 0.29) is 0 Å². The van der Waals surface area contributed by atoms with Crippen LogP contribution in [0, 0.1) is 0 Å². The molecule has 1 saturated heterocycles. The Labute approximate surface area is 97.7 Å². The Morgan fingerprint density at radius 2 is 1.69 bits per heavy atom. The van der Waals surface area contributed by atoms with Crippen molar-refractivity contribution in [3.05, 3.63) is 35.4 Å². The zero-order chi connectivity index (χ0) is 11.6. The molecule has 16 heavy (non-hydrogen) atoms. The molecule has 0 amide bonds. The lowest BCUT2D eigenvalue weighted by Gasteiger charge is -2.33. The van der Waals surface area contributed by atoms with Crippen molar-refractivity contribution in [2.24, 2.45) is 0 Å². The van der Waals surface area contributed by atoms with Gasteiger partial charge in [-0.1, -0.05) is 38.1 Å². The summed E-state index contributed by atoms with van der Waals surface area (Å²) in [7, 11) is 0. The molecule has 2 rings (SSSR count). The molecule has 0 aromatic heterocycles. The molecule has 1 aliphatic heterocycles. The third-order valence-corrected chi connectivity index (χ3v) is 3.55. The second-order valence-corrected chi connectivity index (χ2v) is 5.06. The lowest BCUT2D eigenvalue weighted by Crippen LogP contribution is -2.39. The van der Waals surface area contributed by atoms with Gasteiger partial charge in [0.15, 0.2) is 0 Å². The van der Waals surface area contributed by atoms with Crippen LogP contribution in [-0.2, 0) is 5.60 Å². The molecule has 0 atom stereocenters. The Balaban J connectivity index is 2.20. The first-order valence-electron chi connectivity index (χ1n) is 6.15. The largest absolute Gasteiger partial charge is 0.385 e. The number of benzene rings is 1. The van der Waals surface area contributed by atoms with Gasteiger partial charge in [-0.15, -0.1) is 0 Å². The molecule has 1 heterocycles. The van der Waals surface area contributed by atoms with Crippen molar-refractivity contribution >= 4 is 0 Å². The smallest absolute Gasteiger partial charge is 0.0920 e. The van der Waals surface area contributed by atoms with Crippen molar-refractivity contribution in [1.82, 2.24) is 5.32 Å². The Morgan fingerprint density at radius 1 is 1.12 bits per heavy atom. The average molecular weight is 219 g/mol. The minimum Gasteiger partial charge on any atom is -0.385 e. The minimum atomic E-state index is -0.610. The zero-order valence-electron chi connectivity index (χ0n) is 10.2. The predicted octanol–water partition coefficient (Wildman–Crippen LogP) is 2.38. The van der Waals surface area contributed by atoms with Gasteiger partial charge in [-0.2, -0.15) is 0 Å². The monoisotopic (exact) mass is 219 g/mol. The van der Waals surface area contributed by atoms with Gasteiger partial charge >= 0.3 is 0 Å². The van der Waals surface area contributed by atoms with Crippen LogP contribution in [0.4, 0.5) is 0 Å². The Bertz CT molecular complexity index is 336. The summed E-state index contributed by atoms with van der Waals surface area (Å²) in [6.45, 7) is 6.19. The van der Waals surface area contributed by atoms with Crippen LogP contribution in [0.1, 0.15) is 43.7 Å². The van der Waals surface area contributed by atoms with Crippen LogP contribution < -0.4 is 5.32 Å². The van der Waals surface area contributed by atoms with E-state index < -0.39 is 5.60 Å². The summed E-state index contributed by atoms with van der Waals surface area (Å²) in [5.41, 5.74) is 1.79. The van der Waals surface area contributed by atoms with Crippen LogP contribution in [0.25, 0.3) is 0 Å². The summed E-state index contributed by atoms with van der Waals surface area (Å²) < 4.78 is 0. The maximum absolute atomic E-state index is 10.5. The summed E-state index contributed by atoms with van der Waals surface area (Å²) in [6, 6.07) is 8.45. The van der Waals surface area contributed by atoms with E-state index in [1.54, 1.807) is 0 Å². The molecule has 2 heteroatoms. The molecule has 0 radical (unpaired) electrons. The van der Waals surface area contributed by atoms with Crippen molar-refractivity contribution < 1.29 is 5.11 Å². The normalized spacial score (nSPS) is 20.0. The molecule has 1 fully saturated rings. The SMILES string of the molecule is CC(C)c1ccc(C2(O)CCNCC2)cc1. The molecule has 1 aliphatic rings. The Kier molecular flexibility index (Phi) is 3.31. The highest BCUT2D eigenvalue weighted by molar-refractivity contribution is 5.29. The number of hydrogen-bond donors (Lipinski definition) is 2. The predicted molar refractivity (Wildman–Crippen MR) is 66.5 cm³/mol. The van der Waals surface area contributed by atoms with E-state index in [4.69, 9.17) is 0 Å². The summed E-state index contributed by atoms with van der Waals surface area (Å²) in [5.74, 6) is 0.553. The van der Waals surface area contributed by atoms with Crippen molar-refractivity contribution in [3.8, 4) is 0 Å². The van der Waals surface area contributed by atoms with E-state index >= 15 is 0 Å². The molecule has 0 saturated carbocycles. The van der Waals surface area contributed by atoms with Crippen LogP contribution in [0.3, 0.4) is 0 Å². The highest BCUT2D eigenvalue weighted by Gasteiger charge is 2.30. The molecular weight excluding hydrogens is 198 g/mol. The van der Waals surface area contributed by atoms with Gasteiger partial charge in [0.25, 0.3) is 0 Å². The number of hydrogen-bond acceptors (Lipinski definition) is 2. The van der Waals surface area contributed by atoms with E-state index in [0.29, 0.717) is 5.92 Å². The molecule has 1 aromatic carbocycles. The van der Waals surface area contributed by atoms with E-state index in [0.717, 1.165) is 31.5 Å². The first kappa shape index (κ1) is 11.6. The maximum Gasteiger partial charge on any atom is 0.0920 e. The highest BCUT2D eigenvalue weighted by Crippen LogP contribution is 2.31. The summed E-state index contributed by atoms with van der Waals surface area (Å²) >= 11 is 0. The lowest BCUT2D eigenvalue weighted by molar-refractivity contribution is 0.00592. The fourth-order valence-electron chi connectivity index (χ4n) is 2.31. The van der Waals surface area contributed by atoms with Gasteiger partial charge in [0, 0.05) is 0 Å². The average Bonchev–Trinajstić information content (AvgIpc) is 2.30. The summed E-state index contributed by atoms with van der Waals surface area (Å²) in [6.07, 6.45) is 1.63. The van der Waals surface area contributed by atoms with Crippen molar-refractivity contribution in [1.29, 1.82) is 0 Å². The van der Waals surface area contributed by atoms with Gasteiger partial charge < -0.3 is 10.4 Å². The molecule has 88 valence electrons. The van der Waals surface area contributed by atoms with Crippen LogP contribution in [0.2, 0.25) is 0 Å². The van der Waals surface area contributed by atoms with E-state index in [1.807, 2.05) is 0 Å². The summed E-state index contributed by atoms with van der Waals surface area (Å²) in [4.78, 5) is 0. The summed E-state index contributed by atoms with van der Waals surface area (Å²) in [5, 5.41) is 13.8. The van der Waals surface area contributed by atoms with Crippen molar-refractivity contribution in [2.75, 3.05) is 13.1 Å². The first-order chi connectivity index (χ1) is 7.62. The van der Waals surface area contributed by atoms with E-state index in [2.05, 4.69) is 43.4 Å². The third kappa shape index (κ3) is 2.28. The van der Waals surface area contributed by atoms with Gasteiger partial charge in [-0.3, -0.25) is 0 Å². The fourth-order valence-corrected chi connectivity index (χ4v) is 2.31. The molecule has 0 bridgehead atoms. The number of rotatable bonds is 2. The van der Waals surface area contributed by atoms with Gasteiger partial charge in [-0.25, -0.2) is 0 Å². The van der Waals surface area contributed by atoms with E-state index in [1.165, 1.54) is 5.56 Å². The lowest BCUT2D eigenvalue weighted by atomic mass is 9.84. The van der Waals surface area contributed by atoms with Crippen molar-refractivity contribution in [2.45, 2.75) is 38.2 Å². The van der Waals surface area contributed by atoms with Gasteiger partial charge in [0.1, 0.15) is 0 Å². The topological polar surface area (TPSA) is 32.3 Å². The molecule has 1 aromatic rings. The third-order valence-electron chi connectivity index (χ3n) is 3.55. The van der Waals surface area contributed by atoms with Crippen LogP contribution >= 0.6 is 0 Å². The first-order valence-corrected chi connectivity index (χ1v) is 6.15. The maximum atomic E-state index is 10.5. The molecule has 0 aliphatic carbocycles. The second-order valence-electron chi connectivity index (χ2n) is 5.06. The van der Waals surface area contributed by atoms with E-state index in [9.17, 15) is 5.11 Å². The fraction of sp³-hybridized carbons (Fsp3) is 0.571. The van der Waals surface area contributed by atoms with Crippen molar-refractivity contribution in [3.63, 3.8) is 0 Å². The molecular formula is C14H21NO. The van der Waals surface area contributed by atoms with Crippen LogP contribution in [0.15, 0.2) is 24.3 Å². The number of piperidine rings is 1. The number of aliphatic hydroxyl groups is 1. The molecule has 2 nitrogen and oxygen atoms in total. The second kappa shape index (κ2) is 4.56. The van der Waals surface area contributed by atoms with Gasteiger partial charge in [0.05, 0.1) is 5.60 Å². The molecule has 0 unspecified atom stereocenters. The molecule has 0 spiro atoms. The van der Waals surface area contributed by atoms with Crippen LogP contribution in [0.5, 0.6) is 0 Å². The molecule has 2 N–H and O–H groups in total. The minimum absolute atomic E-state index is 0.553. The number of nitrogens with one attached hydrogen (secondary N) is 1. The quantitative estimate of drug-likeness (QED) is 0.800. The standard InChI is InChI=1S/C14H21NO/c1-11(2)12-3-5-13(6-4-12)14(16)7-9-15-10-8-14/h3-6,11,15-16H,7-10H2,1-2H3. The Morgan fingerprint density at radius 3 is 2.19 bits per heavy atom. The van der Waals surface area contributed by atoms with Crippen LogP contribution in [-0.4, -0.2) is 18.2 Å². The van der Waals surface area contributed by atoms with Gasteiger partial charge in [-0.05, 0) is 43.0 Å².